The van der Waals surface area contributed by atoms with Crippen molar-refractivity contribution in [3.05, 3.63) is 54.0 Å². The fourth-order valence-electron chi connectivity index (χ4n) is 1.86. The fourth-order valence-corrected chi connectivity index (χ4v) is 1.86. The Kier molecular flexibility index (Phi) is 3.58. The second-order valence-electron chi connectivity index (χ2n) is 4.89. The molecule has 5 heteroatoms. The second kappa shape index (κ2) is 5.69. The predicted octanol–water partition coefficient (Wildman–Crippen LogP) is 1.98. The smallest absolute Gasteiger partial charge is 0.251 e. The highest BCUT2D eigenvalue weighted by Crippen LogP contribution is 2.19. The maximum Gasteiger partial charge on any atom is 0.251 e. The van der Waals surface area contributed by atoms with Crippen molar-refractivity contribution < 1.29 is 4.79 Å². The Morgan fingerprint density at radius 2 is 2.20 bits per heavy atom. The maximum atomic E-state index is 11.9. The summed E-state index contributed by atoms with van der Waals surface area (Å²) >= 11 is 0. The van der Waals surface area contributed by atoms with E-state index < -0.39 is 0 Å². The number of pyridine rings is 2. The standard InChI is InChI=1S/C15H16N4O/c20-15(19-13-3-4-13)12-5-7-17-14(8-12)18-10-11-2-1-6-16-9-11/h1-2,5-9,13H,3-4,10H2,(H,17,18)(H,19,20). The Morgan fingerprint density at radius 1 is 1.30 bits per heavy atom. The molecule has 1 amide bonds. The van der Waals surface area contributed by atoms with Crippen molar-refractivity contribution in [2.45, 2.75) is 25.4 Å². The lowest BCUT2D eigenvalue weighted by molar-refractivity contribution is 0.0951. The van der Waals surface area contributed by atoms with Gasteiger partial charge in [0, 0.05) is 36.7 Å². The summed E-state index contributed by atoms with van der Waals surface area (Å²) in [5, 5.41) is 6.16. The fraction of sp³-hybridized carbons (Fsp3) is 0.267. The Hall–Kier alpha value is -2.43. The molecule has 0 aromatic carbocycles. The molecule has 5 nitrogen and oxygen atoms in total. The van der Waals surface area contributed by atoms with Crippen molar-refractivity contribution in [2.24, 2.45) is 0 Å². The zero-order valence-electron chi connectivity index (χ0n) is 11.0. The van der Waals surface area contributed by atoms with Crippen molar-refractivity contribution in [1.29, 1.82) is 0 Å². The van der Waals surface area contributed by atoms with E-state index in [1.807, 2.05) is 12.1 Å². The van der Waals surface area contributed by atoms with Crippen LogP contribution in [0, 0.1) is 0 Å². The van der Waals surface area contributed by atoms with E-state index >= 15 is 0 Å². The van der Waals surface area contributed by atoms with E-state index in [1.54, 1.807) is 30.7 Å². The molecule has 1 saturated carbocycles. The van der Waals surface area contributed by atoms with Crippen LogP contribution in [0.5, 0.6) is 0 Å². The Labute approximate surface area is 117 Å². The van der Waals surface area contributed by atoms with Gasteiger partial charge in [0.2, 0.25) is 0 Å². The zero-order valence-corrected chi connectivity index (χ0v) is 11.0. The van der Waals surface area contributed by atoms with Gasteiger partial charge in [0.25, 0.3) is 5.91 Å². The number of nitrogens with zero attached hydrogens (tertiary/aromatic N) is 2. The molecule has 20 heavy (non-hydrogen) atoms. The molecule has 2 aromatic rings. The van der Waals surface area contributed by atoms with Crippen LogP contribution in [-0.2, 0) is 6.54 Å². The number of carbonyl (C=O) groups excluding carboxylic acids is 1. The van der Waals surface area contributed by atoms with E-state index in [4.69, 9.17) is 0 Å². The molecule has 2 heterocycles. The minimum atomic E-state index is -0.0284. The van der Waals surface area contributed by atoms with Crippen LogP contribution in [0.1, 0.15) is 28.8 Å². The van der Waals surface area contributed by atoms with Gasteiger partial charge in [-0.15, -0.1) is 0 Å². The summed E-state index contributed by atoms with van der Waals surface area (Å²) in [6, 6.07) is 7.75. The topological polar surface area (TPSA) is 66.9 Å². The van der Waals surface area contributed by atoms with Gasteiger partial charge in [0.1, 0.15) is 5.82 Å². The average molecular weight is 268 g/mol. The highest BCUT2D eigenvalue weighted by molar-refractivity contribution is 5.95. The first-order valence-corrected chi connectivity index (χ1v) is 6.71. The van der Waals surface area contributed by atoms with Crippen molar-refractivity contribution in [1.82, 2.24) is 15.3 Å². The third kappa shape index (κ3) is 3.32. The number of rotatable bonds is 5. The van der Waals surface area contributed by atoms with Crippen molar-refractivity contribution in [3.8, 4) is 0 Å². The van der Waals surface area contributed by atoms with E-state index in [1.165, 1.54) is 0 Å². The van der Waals surface area contributed by atoms with E-state index in [0.717, 1.165) is 18.4 Å². The number of anilines is 1. The van der Waals surface area contributed by atoms with Crippen LogP contribution in [0.3, 0.4) is 0 Å². The minimum Gasteiger partial charge on any atom is -0.366 e. The van der Waals surface area contributed by atoms with Crippen molar-refractivity contribution in [3.63, 3.8) is 0 Å². The lowest BCUT2D eigenvalue weighted by Crippen LogP contribution is -2.25. The molecule has 1 aliphatic rings. The van der Waals surface area contributed by atoms with Gasteiger partial charge in [-0.3, -0.25) is 9.78 Å². The number of carbonyl (C=O) groups is 1. The lowest BCUT2D eigenvalue weighted by atomic mass is 10.2. The third-order valence-corrected chi connectivity index (χ3v) is 3.13. The number of aromatic nitrogens is 2. The lowest BCUT2D eigenvalue weighted by Gasteiger charge is -2.07. The molecular formula is C15H16N4O. The summed E-state index contributed by atoms with van der Waals surface area (Å²) in [7, 11) is 0. The molecular weight excluding hydrogens is 252 g/mol. The maximum absolute atomic E-state index is 11.9. The Morgan fingerprint density at radius 3 is 2.95 bits per heavy atom. The van der Waals surface area contributed by atoms with Crippen LogP contribution < -0.4 is 10.6 Å². The third-order valence-electron chi connectivity index (χ3n) is 3.13. The van der Waals surface area contributed by atoms with Crippen LogP contribution >= 0.6 is 0 Å². The number of nitrogens with one attached hydrogen (secondary N) is 2. The van der Waals surface area contributed by atoms with Crippen molar-refractivity contribution in [2.75, 3.05) is 5.32 Å². The Balaban J connectivity index is 1.63. The van der Waals surface area contributed by atoms with Crippen LogP contribution in [0.4, 0.5) is 5.82 Å². The zero-order chi connectivity index (χ0) is 13.8. The van der Waals surface area contributed by atoms with Gasteiger partial charge < -0.3 is 10.6 Å². The van der Waals surface area contributed by atoms with Crippen LogP contribution in [0.15, 0.2) is 42.9 Å². The van der Waals surface area contributed by atoms with Crippen LogP contribution in [0.2, 0.25) is 0 Å². The SMILES string of the molecule is O=C(NC1CC1)c1ccnc(NCc2cccnc2)c1. The average Bonchev–Trinajstić information content (AvgIpc) is 3.30. The van der Waals surface area contributed by atoms with Gasteiger partial charge in [-0.05, 0) is 36.6 Å². The first kappa shape index (κ1) is 12.6. The second-order valence-corrected chi connectivity index (χ2v) is 4.89. The van der Waals surface area contributed by atoms with Gasteiger partial charge in [0.05, 0.1) is 0 Å². The van der Waals surface area contributed by atoms with Crippen LogP contribution in [0.25, 0.3) is 0 Å². The summed E-state index contributed by atoms with van der Waals surface area (Å²) in [5.41, 5.74) is 1.71. The number of amides is 1. The van der Waals surface area contributed by atoms with E-state index in [9.17, 15) is 4.79 Å². The molecule has 0 saturated heterocycles. The molecule has 0 spiro atoms. The molecule has 3 rings (SSSR count). The number of hydrogen-bond acceptors (Lipinski definition) is 4. The summed E-state index contributed by atoms with van der Waals surface area (Å²) in [6.07, 6.45) is 7.36. The van der Waals surface area contributed by atoms with E-state index in [-0.39, 0.29) is 5.91 Å². The molecule has 0 aliphatic heterocycles. The molecule has 0 bridgehead atoms. The normalized spacial score (nSPS) is 13.8. The van der Waals surface area contributed by atoms with E-state index in [0.29, 0.717) is 24.0 Å². The molecule has 0 radical (unpaired) electrons. The van der Waals surface area contributed by atoms with Crippen molar-refractivity contribution >= 4 is 11.7 Å². The monoisotopic (exact) mass is 268 g/mol. The summed E-state index contributed by atoms with van der Waals surface area (Å²) < 4.78 is 0. The molecule has 0 unspecified atom stereocenters. The van der Waals surface area contributed by atoms with Gasteiger partial charge in [-0.1, -0.05) is 6.07 Å². The molecule has 102 valence electrons. The largest absolute Gasteiger partial charge is 0.366 e. The number of hydrogen-bond donors (Lipinski definition) is 2. The van der Waals surface area contributed by atoms with Gasteiger partial charge in [-0.2, -0.15) is 0 Å². The summed E-state index contributed by atoms with van der Waals surface area (Å²) in [5.74, 6) is 0.664. The van der Waals surface area contributed by atoms with Gasteiger partial charge in [-0.25, -0.2) is 4.98 Å². The molecule has 2 aromatic heterocycles. The first-order valence-electron chi connectivity index (χ1n) is 6.71. The highest BCUT2D eigenvalue weighted by atomic mass is 16.1. The van der Waals surface area contributed by atoms with E-state index in [2.05, 4.69) is 20.6 Å². The highest BCUT2D eigenvalue weighted by Gasteiger charge is 2.23. The van der Waals surface area contributed by atoms with Crippen LogP contribution in [-0.4, -0.2) is 21.9 Å². The molecule has 0 atom stereocenters. The summed E-state index contributed by atoms with van der Waals surface area (Å²) in [6.45, 7) is 0.633. The molecule has 1 aliphatic carbocycles. The summed E-state index contributed by atoms with van der Waals surface area (Å²) in [4.78, 5) is 20.2. The van der Waals surface area contributed by atoms with Gasteiger partial charge >= 0.3 is 0 Å². The minimum absolute atomic E-state index is 0.0284. The quantitative estimate of drug-likeness (QED) is 0.870. The Bertz CT molecular complexity index is 596. The molecule has 1 fully saturated rings. The first-order chi connectivity index (χ1) is 9.81. The molecule has 2 N–H and O–H groups in total. The predicted molar refractivity (Wildman–Crippen MR) is 76.3 cm³/mol. The van der Waals surface area contributed by atoms with Gasteiger partial charge in [0.15, 0.2) is 0 Å².